The Morgan fingerprint density at radius 1 is 0.750 bits per heavy atom. The predicted octanol–water partition coefficient (Wildman–Crippen LogP) is 1.18. The van der Waals surface area contributed by atoms with Gasteiger partial charge in [-0.1, -0.05) is 45.2 Å². The fourth-order valence-corrected chi connectivity index (χ4v) is 11.7. The average Bonchev–Trinajstić information content (AvgIpc) is 3.16. The van der Waals surface area contributed by atoms with Crippen molar-refractivity contribution in [3.8, 4) is 0 Å². The minimum absolute atomic E-state index is 0.0480. The summed E-state index contributed by atoms with van der Waals surface area (Å²) in [6, 6.07) is 0. The lowest BCUT2D eigenvalue weighted by Crippen LogP contribution is -2.59. The van der Waals surface area contributed by atoms with Gasteiger partial charge in [0.15, 0.2) is 0 Å². The van der Waals surface area contributed by atoms with Crippen molar-refractivity contribution >= 4 is 57.1 Å². The molecule has 0 unspecified atom stereocenters. The van der Waals surface area contributed by atoms with E-state index in [4.69, 9.17) is 9.47 Å². The zero-order chi connectivity index (χ0) is 13.3. The van der Waals surface area contributed by atoms with E-state index in [-0.39, 0.29) is 24.1 Å². The number of rotatable bonds is 0. The first kappa shape index (κ1) is 11.0. The summed E-state index contributed by atoms with van der Waals surface area (Å²) in [5, 5.41) is 0. The fraction of sp³-hybridized carbons (Fsp3) is 0.857. The van der Waals surface area contributed by atoms with Crippen LogP contribution < -0.4 is 0 Å². The standard InChI is InChI=1S/C14H10I2O4/c15-7-3-1-2-4-8(16)10-6(2)13(3,11(17)20-10)14(4)5(1)9(7)19-12(14)18/h1-10H/t1-,2+,3-,4+,5-,6+,7-,8-,9+,10+,13-,14+/m1/s1. The molecule has 0 aromatic rings. The van der Waals surface area contributed by atoms with Crippen LogP contribution >= 0.6 is 45.2 Å². The molecule has 8 fully saturated rings. The molecule has 4 nitrogen and oxygen atoms in total. The highest BCUT2D eigenvalue weighted by Crippen LogP contribution is 2.97. The average molecular weight is 496 g/mol. The monoisotopic (exact) mass is 496 g/mol. The van der Waals surface area contributed by atoms with Crippen LogP contribution in [0.1, 0.15) is 0 Å². The Balaban J connectivity index is 1.68. The molecule has 2 saturated heterocycles. The summed E-state index contributed by atoms with van der Waals surface area (Å²) >= 11 is 4.88. The van der Waals surface area contributed by atoms with Crippen LogP contribution in [0.3, 0.4) is 0 Å². The molecule has 6 heteroatoms. The van der Waals surface area contributed by atoms with Gasteiger partial charge in [-0.25, -0.2) is 0 Å². The van der Waals surface area contributed by atoms with E-state index < -0.39 is 10.8 Å². The van der Waals surface area contributed by atoms with Gasteiger partial charge in [0.25, 0.3) is 0 Å². The number of halogens is 2. The Kier molecular flexibility index (Phi) is 1.42. The third kappa shape index (κ3) is 0.587. The minimum Gasteiger partial charge on any atom is -0.460 e. The molecule has 2 aliphatic heterocycles. The highest BCUT2D eigenvalue weighted by atomic mass is 127. The van der Waals surface area contributed by atoms with Gasteiger partial charge in [0.1, 0.15) is 12.2 Å². The second-order valence-corrected chi connectivity index (χ2v) is 10.5. The summed E-state index contributed by atoms with van der Waals surface area (Å²) in [6.07, 6.45) is 0.149. The van der Waals surface area contributed by atoms with Gasteiger partial charge in [-0.05, 0) is 23.7 Å². The van der Waals surface area contributed by atoms with Gasteiger partial charge in [0, 0.05) is 11.8 Å². The van der Waals surface area contributed by atoms with Gasteiger partial charge in [0.2, 0.25) is 0 Å². The van der Waals surface area contributed by atoms with Crippen molar-refractivity contribution in [2.75, 3.05) is 0 Å². The number of carbonyl (C=O) groups is 2. The van der Waals surface area contributed by atoms with Crippen molar-refractivity contribution in [3.63, 3.8) is 0 Å². The number of esters is 2. The summed E-state index contributed by atoms with van der Waals surface area (Å²) in [6.45, 7) is 0. The maximum atomic E-state index is 12.9. The second-order valence-electron chi connectivity index (χ2n) is 7.62. The molecule has 0 radical (unpaired) electrons. The summed E-state index contributed by atoms with van der Waals surface area (Å²) < 4.78 is 12.2. The molecule has 12 atom stereocenters. The van der Waals surface area contributed by atoms with Gasteiger partial charge >= 0.3 is 11.9 Å². The lowest BCUT2D eigenvalue weighted by molar-refractivity contribution is -0.165. The van der Waals surface area contributed by atoms with Crippen molar-refractivity contribution in [2.45, 2.75) is 20.1 Å². The molecule has 104 valence electrons. The molecule has 0 N–H and O–H groups in total. The number of carbonyl (C=O) groups excluding carboxylic acids is 2. The lowest BCUT2D eigenvalue weighted by Gasteiger charge is -2.46. The molecule has 0 aromatic heterocycles. The highest BCUT2D eigenvalue weighted by molar-refractivity contribution is 14.1. The number of hydrogen-bond donors (Lipinski definition) is 0. The molecule has 0 amide bonds. The van der Waals surface area contributed by atoms with E-state index in [0.29, 0.717) is 43.4 Å². The van der Waals surface area contributed by atoms with Crippen LogP contribution in [0.25, 0.3) is 0 Å². The first-order valence-electron chi connectivity index (χ1n) is 7.30. The largest absolute Gasteiger partial charge is 0.460 e. The number of ether oxygens (including phenoxy) is 2. The third-order valence-corrected chi connectivity index (χ3v) is 11.0. The molecule has 8 rings (SSSR count). The molecule has 20 heavy (non-hydrogen) atoms. The summed E-state index contributed by atoms with van der Waals surface area (Å²) in [5.41, 5.74) is -0.972. The normalized spacial score (nSPS) is 78.9. The van der Waals surface area contributed by atoms with Crippen molar-refractivity contribution < 1.29 is 19.1 Å². The fourth-order valence-electron chi connectivity index (χ4n) is 8.46. The van der Waals surface area contributed by atoms with Crippen LogP contribution in [0.2, 0.25) is 0 Å². The number of hydrogen-bond acceptors (Lipinski definition) is 4. The van der Waals surface area contributed by atoms with Gasteiger partial charge in [0.05, 0.1) is 18.7 Å². The smallest absolute Gasteiger partial charge is 0.314 e. The van der Waals surface area contributed by atoms with Crippen LogP contribution in [0.5, 0.6) is 0 Å². The Morgan fingerprint density at radius 3 is 1.55 bits per heavy atom. The molecule has 6 aliphatic carbocycles. The molecule has 2 spiro atoms. The number of alkyl halides is 2. The van der Waals surface area contributed by atoms with Crippen LogP contribution in [-0.2, 0) is 19.1 Å². The molecule has 8 bridgehead atoms. The highest BCUT2D eigenvalue weighted by Gasteiger charge is 3.05. The Hall–Kier alpha value is 0.400. The lowest BCUT2D eigenvalue weighted by atomic mass is 9.51. The van der Waals surface area contributed by atoms with Crippen LogP contribution in [0.4, 0.5) is 0 Å². The van der Waals surface area contributed by atoms with E-state index in [2.05, 4.69) is 45.2 Å². The SMILES string of the molecule is O=C1O[C@@H]2[C@H](I)[C@@H]3[C@@H]4[C@@H]5[C@@H]6[C@@H](I)[C@H]7OC(=O)[C@]3([C@@H]75)[C@]16[C@H]24. The van der Waals surface area contributed by atoms with Crippen molar-refractivity contribution in [3.05, 3.63) is 0 Å². The van der Waals surface area contributed by atoms with E-state index >= 15 is 0 Å². The van der Waals surface area contributed by atoms with E-state index in [1.807, 2.05) is 0 Å². The maximum absolute atomic E-state index is 12.9. The molecular formula is C14H10I2O4. The van der Waals surface area contributed by atoms with Gasteiger partial charge in [-0.15, -0.1) is 0 Å². The van der Waals surface area contributed by atoms with Gasteiger partial charge in [-0.3, -0.25) is 9.59 Å². The van der Waals surface area contributed by atoms with Gasteiger partial charge in [-0.2, -0.15) is 0 Å². The van der Waals surface area contributed by atoms with Crippen LogP contribution in [0, 0.1) is 46.3 Å². The van der Waals surface area contributed by atoms with E-state index in [9.17, 15) is 9.59 Å². The minimum atomic E-state index is -0.486. The zero-order valence-electron chi connectivity index (χ0n) is 10.2. The second kappa shape index (κ2) is 2.59. The third-order valence-electron chi connectivity index (χ3n) is 8.07. The van der Waals surface area contributed by atoms with Crippen LogP contribution in [0.15, 0.2) is 0 Å². The molecule has 6 saturated carbocycles. The Bertz CT molecular complexity index is 610. The molecule has 2 heterocycles. The summed E-state index contributed by atoms with van der Waals surface area (Å²) in [4.78, 5) is 25.8. The predicted molar refractivity (Wildman–Crippen MR) is 81.2 cm³/mol. The van der Waals surface area contributed by atoms with Crippen LogP contribution in [-0.4, -0.2) is 32.0 Å². The maximum Gasteiger partial charge on any atom is 0.314 e. The Morgan fingerprint density at radius 2 is 1.15 bits per heavy atom. The first-order valence-corrected chi connectivity index (χ1v) is 9.79. The quantitative estimate of drug-likeness (QED) is 0.288. The van der Waals surface area contributed by atoms with Crippen molar-refractivity contribution in [2.24, 2.45) is 46.3 Å². The summed E-state index contributed by atoms with van der Waals surface area (Å²) in [7, 11) is 0. The van der Waals surface area contributed by atoms with E-state index in [1.165, 1.54) is 0 Å². The van der Waals surface area contributed by atoms with Gasteiger partial charge < -0.3 is 9.47 Å². The summed E-state index contributed by atoms with van der Waals surface area (Å²) in [5.74, 6) is 2.33. The first-order chi connectivity index (χ1) is 9.59. The van der Waals surface area contributed by atoms with E-state index in [1.54, 1.807) is 0 Å². The van der Waals surface area contributed by atoms with E-state index in [0.717, 1.165) is 0 Å². The Labute approximate surface area is 142 Å². The topological polar surface area (TPSA) is 52.6 Å². The molecule has 0 aromatic carbocycles. The molecule has 8 aliphatic rings. The molecular weight excluding hydrogens is 486 g/mol. The zero-order valence-corrected chi connectivity index (χ0v) is 14.5. The van der Waals surface area contributed by atoms with Crippen molar-refractivity contribution in [1.82, 2.24) is 0 Å². The van der Waals surface area contributed by atoms with Crippen molar-refractivity contribution in [1.29, 1.82) is 0 Å².